The van der Waals surface area contributed by atoms with Crippen LogP contribution in [0.3, 0.4) is 0 Å². The molecule has 0 fully saturated rings. The Morgan fingerprint density at radius 1 is 1.06 bits per heavy atom. The lowest BCUT2D eigenvalue weighted by Crippen LogP contribution is -2.38. The maximum Gasteiger partial charge on any atom is 0.253 e. The average Bonchev–Trinajstić information content (AvgIpc) is 3.08. The van der Waals surface area contributed by atoms with Crippen LogP contribution < -0.4 is 10.6 Å². The largest absolute Gasteiger partial charge is 0.358 e. The molecule has 3 aromatic rings. The van der Waals surface area contributed by atoms with Crippen LogP contribution in [0.1, 0.15) is 34.1 Å². The van der Waals surface area contributed by atoms with Gasteiger partial charge in [-0.15, -0.1) is 0 Å². The quantitative estimate of drug-likeness (QED) is 0.386. The smallest absolute Gasteiger partial charge is 0.253 e. The summed E-state index contributed by atoms with van der Waals surface area (Å²) in [5.74, 6) is 0.845. The van der Waals surface area contributed by atoms with Crippen molar-refractivity contribution in [2.24, 2.45) is 4.99 Å². The number of nitrogens with one attached hydrogen (secondary N) is 3. The molecule has 0 bridgehead atoms. The lowest BCUT2D eigenvalue weighted by Gasteiger charge is -2.13. The van der Waals surface area contributed by atoms with Gasteiger partial charge in [0, 0.05) is 55.9 Å². The van der Waals surface area contributed by atoms with E-state index in [9.17, 15) is 4.79 Å². The van der Waals surface area contributed by atoms with Crippen molar-refractivity contribution < 1.29 is 4.79 Å². The van der Waals surface area contributed by atoms with Crippen LogP contribution in [-0.4, -0.2) is 55.5 Å². The molecule has 0 radical (unpaired) electrons. The number of hydrogen-bond acceptors (Lipinski definition) is 2. The average molecular weight is 420 g/mol. The number of amides is 1. The summed E-state index contributed by atoms with van der Waals surface area (Å²) >= 11 is 0. The van der Waals surface area contributed by atoms with E-state index in [0.717, 1.165) is 43.0 Å². The molecular weight excluding hydrogens is 386 g/mol. The van der Waals surface area contributed by atoms with E-state index in [-0.39, 0.29) is 5.91 Å². The number of guanidine groups is 1. The fourth-order valence-corrected chi connectivity index (χ4v) is 3.72. The third-order valence-corrected chi connectivity index (χ3v) is 5.29. The Morgan fingerprint density at radius 2 is 1.87 bits per heavy atom. The number of aromatic amines is 1. The van der Waals surface area contributed by atoms with E-state index in [1.165, 1.54) is 22.2 Å². The monoisotopic (exact) mass is 419 g/mol. The summed E-state index contributed by atoms with van der Waals surface area (Å²) in [5, 5.41) is 8.00. The minimum Gasteiger partial charge on any atom is -0.358 e. The van der Waals surface area contributed by atoms with Gasteiger partial charge in [0.25, 0.3) is 5.91 Å². The first-order valence-electron chi connectivity index (χ1n) is 10.9. The molecule has 1 amide bonds. The zero-order valence-electron chi connectivity index (χ0n) is 19.0. The molecule has 0 aliphatic rings. The molecule has 1 heterocycles. The van der Waals surface area contributed by atoms with Gasteiger partial charge in [0.15, 0.2) is 5.96 Å². The van der Waals surface area contributed by atoms with Gasteiger partial charge in [-0.3, -0.25) is 9.79 Å². The van der Waals surface area contributed by atoms with Crippen molar-refractivity contribution in [2.75, 3.05) is 33.7 Å². The molecule has 0 aliphatic carbocycles. The van der Waals surface area contributed by atoms with Crippen molar-refractivity contribution in [1.82, 2.24) is 20.5 Å². The number of rotatable bonds is 8. The molecule has 6 heteroatoms. The van der Waals surface area contributed by atoms with Gasteiger partial charge in [-0.05, 0) is 56.0 Å². The second kappa shape index (κ2) is 10.7. The number of benzene rings is 2. The fraction of sp³-hybridized carbons (Fsp3) is 0.360. The first-order chi connectivity index (χ1) is 15.0. The van der Waals surface area contributed by atoms with Crippen LogP contribution in [0.25, 0.3) is 10.9 Å². The normalized spacial score (nSPS) is 11.5. The molecule has 0 spiro atoms. The fourth-order valence-electron chi connectivity index (χ4n) is 3.72. The van der Waals surface area contributed by atoms with Crippen molar-refractivity contribution in [3.05, 3.63) is 70.9 Å². The molecule has 3 N–H and O–H groups in total. The Hall–Kier alpha value is -3.28. The van der Waals surface area contributed by atoms with Gasteiger partial charge in [-0.1, -0.05) is 30.3 Å². The van der Waals surface area contributed by atoms with E-state index in [0.29, 0.717) is 6.54 Å². The maximum absolute atomic E-state index is 12.2. The molecule has 6 nitrogen and oxygen atoms in total. The lowest BCUT2D eigenvalue weighted by atomic mass is 10.1. The summed E-state index contributed by atoms with van der Waals surface area (Å²) in [6.07, 6.45) is 1.71. The topological polar surface area (TPSA) is 72.5 Å². The molecule has 2 aromatic carbocycles. The summed E-state index contributed by atoms with van der Waals surface area (Å²) < 4.78 is 0. The number of aromatic nitrogens is 1. The maximum atomic E-state index is 12.2. The molecule has 164 valence electrons. The Labute approximate surface area is 184 Å². The number of nitrogens with zero attached hydrogens (tertiary/aromatic N) is 2. The third kappa shape index (κ3) is 5.87. The highest BCUT2D eigenvalue weighted by molar-refractivity contribution is 5.94. The predicted molar refractivity (Wildman–Crippen MR) is 129 cm³/mol. The Balaban J connectivity index is 1.57. The van der Waals surface area contributed by atoms with Crippen LogP contribution in [0.4, 0.5) is 0 Å². The summed E-state index contributed by atoms with van der Waals surface area (Å²) in [4.78, 5) is 22.0. The van der Waals surface area contributed by atoms with Gasteiger partial charge in [0.05, 0.1) is 0 Å². The van der Waals surface area contributed by atoms with Gasteiger partial charge >= 0.3 is 0 Å². The van der Waals surface area contributed by atoms with E-state index >= 15 is 0 Å². The summed E-state index contributed by atoms with van der Waals surface area (Å²) in [7, 11) is 3.54. The minimum absolute atomic E-state index is 0.0253. The van der Waals surface area contributed by atoms with E-state index in [4.69, 9.17) is 4.99 Å². The van der Waals surface area contributed by atoms with Crippen LogP contribution in [0, 0.1) is 6.92 Å². The Bertz CT molecular complexity index is 1050. The molecule has 1 aromatic heterocycles. The Kier molecular flexibility index (Phi) is 7.70. The van der Waals surface area contributed by atoms with Gasteiger partial charge in [0.2, 0.25) is 0 Å². The zero-order valence-corrected chi connectivity index (χ0v) is 19.0. The summed E-state index contributed by atoms with van der Waals surface area (Å²) in [6.45, 7) is 6.46. The number of carbonyl (C=O) groups excluding carboxylic acids is 1. The van der Waals surface area contributed by atoms with Gasteiger partial charge in [-0.25, -0.2) is 0 Å². The molecule has 0 saturated carbocycles. The number of hydrogen-bond donors (Lipinski definition) is 3. The highest BCUT2D eigenvalue weighted by Crippen LogP contribution is 2.22. The second-order valence-corrected chi connectivity index (χ2v) is 7.86. The van der Waals surface area contributed by atoms with Crippen LogP contribution in [0.2, 0.25) is 0 Å². The number of aryl methyl sites for hydroxylation is 1. The zero-order chi connectivity index (χ0) is 22.2. The molecule has 0 aliphatic heterocycles. The summed E-state index contributed by atoms with van der Waals surface area (Å²) in [6, 6.07) is 16.2. The molecular formula is C25H33N5O. The first kappa shape index (κ1) is 22.4. The second-order valence-electron chi connectivity index (χ2n) is 7.86. The van der Waals surface area contributed by atoms with Crippen LogP contribution >= 0.6 is 0 Å². The third-order valence-electron chi connectivity index (χ3n) is 5.29. The first-order valence-corrected chi connectivity index (χ1v) is 10.9. The number of para-hydroxylation sites is 1. The number of fused-ring (bicyclic) bond motifs is 1. The van der Waals surface area contributed by atoms with Gasteiger partial charge < -0.3 is 20.5 Å². The minimum atomic E-state index is 0.0253. The van der Waals surface area contributed by atoms with E-state index in [1.807, 2.05) is 18.2 Å². The molecule has 0 unspecified atom stereocenters. The van der Waals surface area contributed by atoms with Crippen LogP contribution in [0.15, 0.2) is 53.5 Å². The van der Waals surface area contributed by atoms with Crippen molar-refractivity contribution in [1.29, 1.82) is 0 Å². The van der Waals surface area contributed by atoms with E-state index in [2.05, 4.69) is 59.8 Å². The van der Waals surface area contributed by atoms with Crippen molar-refractivity contribution in [3.8, 4) is 0 Å². The molecule has 31 heavy (non-hydrogen) atoms. The standard InChI is InChI=1S/C25H33N5O/c1-5-26-25(27-15-13-19-9-8-10-20(17-19)24(31)30(3)4)28-16-14-21-18(2)29-23-12-7-6-11-22(21)23/h6-12,17,29H,5,13-16H2,1-4H3,(H2,26,27,28). The van der Waals surface area contributed by atoms with Crippen LogP contribution in [0.5, 0.6) is 0 Å². The summed E-state index contributed by atoms with van der Waals surface area (Å²) in [5.41, 5.74) is 5.57. The lowest BCUT2D eigenvalue weighted by molar-refractivity contribution is 0.0827. The van der Waals surface area contributed by atoms with E-state index < -0.39 is 0 Å². The highest BCUT2D eigenvalue weighted by atomic mass is 16.2. The SMILES string of the molecule is CCNC(=NCCc1c(C)[nH]c2ccccc12)NCCc1cccc(C(=O)N(C)C)c1. The molecule has 0 atom stereocenters. The predicted octanol–water partition coefficient (Wildman–Crippen LogP) is 3.52. The molecule has 0 saturated heterocycles. The number of carbonyl (C=O) groups is 1. The molecule has 3 rings (SSSR count). The number of aliphatic imine (C=N–C) groups is 1. The van der Waals surface area contributed by atoms with Crippen molar-refractivity contribution in [2.45, 2.75) is 26.7 Å². The Morgan fingerprint density at radius 3 is 2.65 bits per heavy atom. The number of H-pyrrole nitrogens is 1. The van der Waals surface area contributed by atoms with Gasteiger partial charge in [0.1, 0.15) is 0 Å². The highest BCUT2D eigenvalue weighted by Gasteiger charge is 2.09. The van der Waals surface area contributed by atoms with E-state index in [1.54, 1.807) is 19.0 Å². The van der Waals surface area contributed by atoms with Crippen molar-refractivity contribution in [3.63, 3.8) is 0 Å². The van der Waals surface area contributed by atoms with Crippen molar-refractivity contribution >= 4 is 22.8 Å². The van der Waals surface area contributed by atoms with Crippen LogP contribution in [-0.2, 0) is 12.8 Å². The van der Waals surface area contributed by atoms with Gasteiger partial charge in [-0.2, -0.15) is 0 Å².